The average molecular weight is 328 g/mol. The summed E-state index contributed by atoms with van der Waals surface area (Å²) in [6.45, 7) is 4.50. The Kier molecular flexibility index (Phi) is 5.36. The zero-order valence-electron chi connectivity index (χ0n) is 10.9. The minimum Gasteiger partial charge on any atom is -0.462 e. The third kappa shape index (κ3) is 4.30. The topological polar surface area (TPSA) is 47.6 Å². The van der Waals surface area contributed by atoms with E-state index < -0.39 is 0 Å². The first kappa shape index (κ1) is 14.5. The van der Waals surface area contributed by atoms with Crippen molar-refractivity contribution in [1.82, 2.24) is 5.32 Å². The van der Waals surface area contributed by atoms with E-state index in [1.165, 1.54) is 0 Å². The number of hydrogen-bond donors (Lipinski definition) is 1. The van der Waals surface area contributed by atoms with Gasteiger partial charge in [-0.25, -0.2) is 4.79 Å². The molecule has 1 unspecified atom stereocenters. The van der Waals surface area contributed by atoms with Gasteiger partial charge in [0.25, 0.3) is 0 Å². The van der Waals surface area contributed by atoms with Crippen molar-refractivity contribution in [2.75, 3.05) is 19.8 Å². The number of carbonyl (C=O) groups excluding carboxylic acids is 1. The molecular weight excluding hydrogens is 310 g/mol. The van der Waals surface area contributed by atoms with Crippen molar-refractivity contribution in [3.05, 3.63) is 33.8 Å². The van der Waals surface area contributed by atoms with Crippen LogP contribution in [-0.2, 0) is 16.0 Å². The van der Waals surface area contributed by atoms with Gasteiger partial charge in [0.15, 0.2) is 0 Å². The number of nitrogens with one attached hydrogen (secondary N) is 1. The van der Waals surface area contributed by atoms with Gasteiger partial charge in [0.2, 0.25) is 0 Å². The van der Waals surface area contributed by atoms with E-state index >= 15 is 0 Å². The average Bonchev–Trinajstić information content (AvgIpc) is 2.89. The van der Waals surface area contributed by atoms with Crippen LogP contribution in [0.3, 0.4) is 0 Å². The fourth-order valence-corrected chi connectivity index (χ4v) is 2.58. The minimum atomic E-state index is -0.283. The molecule has 0 spiro atoms. The summed E-state index contributed by atoms with van der Waals surface area (Å²) in [7, 11) is 0. The van der Waals surface area contributed by atoms with Gasteiger partial charge in [-0.3, -0.25) is 0 Å². The summed E-state index contributed by atoms with van der Waals surface area (Å²) >= 11 is 3.43. The SMILES string of the molecule is CCOC(=O)c1cc(Br)cc(CNC2CCOC2)c1. The van der Waals surface area contributed by atoms with Crippen LogP contribution in [0, 0.1) is 0 Å². The number of ether oxygens (including phenoxy) is 2. The first-order valence-corrected chi connectivity index (χ1v) is 7.26. The summed E-state index contributed by atoms with van der Waals surface area (Å²) in [5.41, 5.74) is 1.64. The number of hydrogen-bond acceptors (Lipinski definition) is 4. The number of esters is 1. The molecular formula is C14H18BrNO3. The normalized spacial score (nSPS) is 18.5. The lowest BCUT2D eigenvalue weighted by Gasteiger charge is -2.11. The molecule has 1 fully saturated rings. The number of carbonyl (C=O) groups is 1. The predicted octanol–water partition coefficient (Wildman–Crippen LogP) is 2.50. The van der Waals surface area contributed by atoms with Crippen LogP contribution in [0.25, 0.3) is 0 Å². The van der Waals surface area contributed by atoms with Crippen LogP contribution in [0.2, 0.25) is 0 Å². The molecule has 19 heavy (non-hydrogen) atoms. The predicted molar refractivity (Wildman–Crippen MR) is 76.2 cm³/mol. The van der Waals surface area contributed by atoms with Gasteiger partial charge in [0.05, 0.1) is 18.8 Å². The smallest absolute Gasteiger partial charge is 0.338 e. The highest BCUT2D eigenvalue weighted by Gasteiger charge is 2.15. The molecule has 0 aromatic heterocycles. The van der Waals surface area contributed by atoms with Crippen LogP contribution in [0.15, 0.2) is 22.7 Å². The third-order valence-corrected chi connectivity index (χ3v) is 3.45. The van der Waals surface area contributed by atoms with Crippen molar-refractivity contribution in [2.24, 2.45) is 0 Å². The van der Waals surface area contributed by atoms with Crippen molar-refractivity contribution < 1.29 is 14.3 Å². The summed E-state index contributed by atoms with van der Waals surface area (Å²) in [6.07, 6.45) is 1.04. The number of benzene rings is 1. The molecule has 0 amide bonds. The van der Waals surface area contributed by atoms with Crippen molar-refractivity contribution >= 4 is 21.9 Å². The van der Waals surface area contributed by atoms with Gasteiger partial charge < -0.3 is 14.8 Å². The maximum absolute atomic E-state index is 11.7. The molecule has 104 valence electrons. The molecule has 1 aromatic carbocycles. The quantitative estimate of drug-likeness (QED) is 0.844. The summed E-state index contributed by atoms with van der Waals surface area (Å²) < 4.78 is 11.2. The van der Waals surface area contributed by atoms with E-state index in [1.54, 1.807) is 13.0 Å². The highest BCUT2D eigenvalue weighted by atomic mass is 79.9. The van der Waals surface area contributed by atoms with Gasteiger partial charge in [-0.1, -0.05) is 15.9 Å². The summed E-state index contributed by atoms with van der Waals surface area (Å²) in [4.78, 5) is 11.7. The molecule has 1 saturated heterocycles. The van der Waals surface area contributed by atoms with Crippen molar-refractivity contribution in [3.63, 3.8) is 0 Å². The second-order valence-electron chi connectivity index (χ2n) is 4.51. The Bertz CT molecular complexity index is 444. The highest BCUT2D eigenvalue weighted by molar-refractivity contribution is 9.10. The molecule has 0 bridgehead atoms. The molecule has 1 heterocycles. The highest BCUT2D eigenvalue weighted by Crippen LogP contribution is 2.17. The van der Waals surface area contributed by atoms with E-state index in [4.69, 9.17) is 9.47 Å². The first-order chi connectivity index (χ1) is 9.19. The standard InChI is InChI=1S/C14H18BrNO3/c1-2-19-14(17)11-5-10(6-12(15)7-11)8-16-13-3-4-18-9-13/h5-7,13,16H,2-4,8-9H2,1H3. The van der Waals surface area contributed by atoms with Gasteiger partial charge in [0.1, 0.15) is 0 Å². The Morgan fingerprint density at radius 3 is 3.05 bits per heavy atom. The first-order valence-electron chi connectivity index (χ1n) is 6.46. The number of halogens is 1. The largest absolute Gasteiger partial charge is 0.462 e. The van der Waals surface area contributed by atoms with Gasteiger partial charge >= 0.3 is 5.97 Å². The van der Waals surface area contributed by atoms with Crippen molar-refractivity contribution in [2.45, 2.75) is 25.9 Å². The Hall–Kier alpha value is -0.910. The zero-order chi connectivity index (χ0) is 13.7. The van der Waals surface area contributed by atoms with Gasteiger partial charge in [-0.05, 0) is 37.1 Å². The van der Waals surface area contributed by atoms with E-state index in [2.05, 4.69) is 21.2 Å². The Morgan fingerprint density at radius 1 is 1.53 bits per heavy atom. The lowest BCUT2D eigenvalue weighted by Crippen LogP contribution is -2.28. The fraction of sp³-hybridized carbons (Fsp3) is 0.500. The summed E-state index contributed by atoms with van der Waals surface area (Å²) in [5, 5.41) is 3.43. The molecule has 1 aromatic rings. The fourth-order valence-electron chi connectivity index (χ4n) is 2.04. The van der Waals surface area contributed by atoms with Crippen LogP contribution in [-0.4, -0.2) is 31.8 Å². The molecule has 1 aliphatic rings. The van der Waals surface area contributed by atoms with E-state index in [9.17, 15) is 4.79 Å². The Morgan fingerprint density at radius 2 is 2.37 bits per heavy atom. The zero-order valence-corrected chi connectivity index (χ0v) is 12.5. The molecule has 0 radical (unpaired) electrons. The van der Waals surface area contributed by atoms with Crippen LogP contribution in [0.4, 0.5) is 0 Å². The monoisotopic (exact) mass is 327 g/mol. The third-order valence-electron chi connectivity index (χ3n) is 2.99. The number of rotatable bonds is 5. The maximum atomic E-state index is 11.7. The second kappa shape index (κ2) is 7.03. The second-order valence-corrected chi connectivity index (χ2v) is 5.43. The Labute approximate surface area is 121 Å². The maximum Gasteiger partial charge on any atom is 0.338 e. The van der Waals surface area contributed by atoms with E-state index in [-0.39, 0.29) is 5.97 Å². The van der Waals surface area contributed by atoms with E-state index in [0.29, 0.717) is 18.2 Å². The molecule has 1 atom stereocenters. The molecule has 1 aliphatic heterocycles. The lowest BCUT2D eigenvalue weighted by atomic mass is 10.1. The van der Waals surface area contributed by atoms with Crippen LogP contribution >= 0.6 is 15.9 Å². The summed E-state index contributed by atoms with van der Waals surface area (Å²) in [6, 6.07) is 6.06. The molecule has 0 saturated carbocycles. The Balaban J connectivity index is 2.01. The van der Waals surface area contributed by atoms with Crippen molar-refractivity contribution in [1.29, 1.82) is 0 Å². The molecule has 0 aliphatic carbocycles. The van der Waals surface area contributed by atoms with Crippen LogP contribution < -0.4 is 5.32 Å². The molecule has 4 nitrogen and oxygen atoms in total. The summed E-state index contributed by atoms with van der Waals surface area (Å²) in [5.74, 6) is -0.283. The van der Waals surface area contributed by atoms with Gasteiger partial charge in [-0.15, -0.1) is 0 Å². The lowest BCUT2D eigenvalue weighted by molar-refractivity contribution is 0.0526. The van der Waals surface area contributed by atoms with Crippen LogP contribution in [0.5, 0.6) is 0 Å². The molecule has 5 heteroatoms. The van der Waals surface area contributed by atoms with Crippen molar-refractivity contribution in [3.8, 4) is 0 Å². The van der Waals surface area contributed by atoms with Crippen LogP contribution in [0.1, 0.15) is 29.3 Å². The van der Waals surface area contributed by atoms with Gasteiger partial charge in [-0.2, -0.15) is 0 Å². The molecule has 1 N–H and O–H groups in total. The van der Waals surface area contributed by atoms with E-state index in [0.717, 1.165) is 36.2 Å². The minimum absolute atomic E-state index is 0.283. The molecule has 2 rings (SSSR count). The van der Waals surface area contributed by atoms with E-state index in [1.807, 2.05) is 12.1 Å². The van der Waals surface area contributed by atoms with Gasteiger partial charge in [0, 0.05) is 23.7 Å².